The highest BCUT2D eigenvalue weighted by Gasteiger charge is 2.16. The molecule has 0 radical (unpaired) electrons. The first kappa shape index (κ1) is 12.2. The van der Waals surface area contributed by atoms with E-state index in [4.69, 9.17) is 16.7 Å². The first-order valence-electron chi connectivity index (χ1n) is 4.39. The highest BCUT2D eigenvalue weighted by molar-refractivity contribution is 7.85. The molecule has 0 amide bonds. The number of benzene rings is 1. The van der Waals surface area contributed by atoms with E-state index in [9.17, 15) is 9.00 Å². The van der Waals surface area contributed by atoms with E-state index >= 15 is 0 Å². The van der Waals surface area contributed by atoms with Crippen LogP contribution in [0.25, 0.3) is 0 Å². The number of carboxylic acids is 1. The van der Waals surface area contributed by atoms with Gasteiger partial charge >= 0.3 is 5.97 Å². The van der Waals surface area contributed by atoms with Crippen molar-refractivity contribution in [2.45, 2.75) is 18.7 Å². The lowest BCUT2D eigenvalue weighted by atomic mass is 10.1. The average Bonchev–Trinajstić information content (AvgIpc) is 2.16. The molecule has 0 saturated carbocycles. The van der Waals surface area contributed by atoms with Gasteiger partial charge in [0.2, 0.25) is 0 Å². The second kappa shape index (κ2) is 4.77. The summed E-state index contributed by atoms with van der Waals surface area (Å²) in [6.07, 6.45) is 0. The van der Waals surface area contributed by atoms with Gasteiger partial charge in [0.25, 0.3) is 0 Å². The third-order valence-corrected chi connectivity index (χ3v) is 4.01. The van der Waals surface area contributed by atoms with E-state index in [0.717, 1.165) is 0 Å². The van der Waals surface area contributed by atoms with Gasteiger partial charge in [-0.3, -0.25) is 4.21 Å². The predicted octanol–water partition coefficient (Wildman–Crippen LogP) is 2.47. The van der Waals surface area contributed by atoms with Crippen molar-refractivity contribution < 1.29 is 14.1 Å². The molecule has 0 aromatic heterocycles. The van der Waals surface area contributed by atoms with Crippen LogP contribution >= 0.6 is 11.6 Å². The second-order valence-electron chi connectivity index (χ2n) is 2.99. The summed E-state index contributed by atoms with van der Waals surface area (Å²) in [5, 5.41) is 9.25. The number of hydrogen-bond donors (Lipinski definition) is 1. The Balaban J connectivity index is 3.43. The van der Waals surface area contributed by atoms with Crippen molar-refractivity contribution in [1.29, 1.82) is 0 Å². The third kappa shape index (κ3) is 2.38. The van der Waals surface area contributed by atoms with Gasteiger partial charge in [-0.15, -0.1) is 0 Å². The normalized spacial score (nSPS) is 12.5. The quantitative estimate of drug-likeness (QED) is 0.892. The van der Waals surface area contributed by atoms with Crippen LogP contribution in [0.2, 0.25) is 5.02 Å². The average molecular weight is 247 g/mol. The summed E-state index contributed by atoms with van der Waals surface area (Å²) < 4.78 is 11.7. The molecular weight excluding hydrogens is 236 g/mol. The lowest BCUT2D eigenvalue weighted by molar-refractivity contribution is 0.0696. The Morgan fingerprint density at radius 3 is 2.60 bits per heavy atom. The highest BCUT2D eigenvalue weighted by Crippen LogP contribution is 2.26. The van der Waals surface area contributed by atoms with Crippen molar-refractivity contribution in [2.75, 3.05) is 5.75 Å². The maximum Gasteiger partial charge on any atom is 0.335 e. The molecule has 1 atom stereocenters. The number of carboxylic acid groups (broad SMARTS) is 1. The van der Waals surface area contributed by atoms with Crippen LogP contribution in [0.3, 0.4) is 0 Å². The SMILES string of the molecule is CCS(=O)c1c(Cl)ccc(C(=O)O)c1C. The fraction of sp³-hybridized carbons (Fsp3) is 0.300. The maximum absolute atomic E-state index is 11.7. The van der Waals surface area contributed by atoms with Crippen molar-refractivity contribution >= 4 is 28.4 Å². The molecule has 1 rings (SSSR count). The first-order valence-corrected chi connectivity index (χ1v) is 6.09. The van der Waals surface area contributed by atoms with E-state index in [0.29, 0.717) is 21.2 Å². The molecule has 82 valence electrons. The summed E-state index contributed by atoms with van der Waals surface area (Å²) in [4.78, 5) is 11.3. The summed E-state index contributed by atoms with van der Waals surface area (Å²) in [7, 11) is -1.24. The van der Waals surface area contributed by atoms with Gasteiger partial charge in [-0.2, -0.15) is 0 Å². The Hall–Kier alpha value is -0.870. The topological polar surface area (TPSA) is 54.4 Å². The van der Waals surface area contributed by atoms with Crippen molar-refractivity contribution in [1.82, 2.24) is 0 Å². The van der Waals surface area contributed by atoms with Crippen molar-refractivity contribution in [3.63, 3.8) is 0 Å². The summed E-state index contributed by atoms with van der Waals surface area (Å²) in [5.41, 5.74) is 0.631. The standard InChI is InChI=1S/C10H11ClO3S/c1-3-15(14)9-6(2)7(10(12)13)4-5-8(9)11/h4-5H,3H2,1-2H3,(H,12,13). The van der Waals surface area contributed by atoms with E-state index in [1.807, 2.05) is 0 Å². The van der Waals surface area contributed by atoms with Crippen LogP contribution in [-0.2, 0) is 10.8 Å². The molecule has 0 aliphatic heterocycles. The Morgan fingerprint density at radius 1 is 1.53 bits per heavy atom. The van der Waals surface area contributed by atoms with Gasteiger partial charge in [0.05, 0.1) is 26.3 Å². The second-order valence-corrected chi connectivity index (χ2v) is 5.07. The van der Waals surface area contributed by atoms with E-state index in [1.165, 1.54) is 12.1 Å². The van der Waals surface area contributed by atoms with Gasteiger partial charge in [-0.05, 0) is 24.6 Å². The summed E-state index contributed by atoms with van der Waals surface area (Å²) in [5.74, 6) is -0.609. The monoisotopic (exact) mass is 246 g/mol. The minimum absolute atomic E-state index is 0.149. The van der Waals surface area contributed by atoms with E-state index in [2.05, 4.69) is 0 Å². The van der Waals surface area contributed by atoms with Crippen LogP contribution in [0.5, 0.6) is 0 Å². The van der Waals surface area contributed by atoms with E-state index in [-0.39, 0.29) is 5.56 Å². The van der Waals surface area contributed by atoms with Gasteiger partial charge in [0, 0.05) is 5.75 Å². The number of carbonyl (C=O) groups is 1. The summed E-state index contributed by atoms with van der Waals surface area (Å²) >= 11 is 5.89. The van der Waals surface area contributed by atoms with Gasteiger partial charge < -0.3 is 5.11 Å². The van der Waals surface area contributed by atoms with E-state index < -0.39 is 16.8 Å². The van der Waals surface area contributed by atoms with Crippen LogP contribution in [0.15, 0.2) is 17.0 Å². The molecule has 0 spiro atoms. The van der Waals surface area contributed by atoms with Crippen LogP contribution in [0.4, 0.5) is 0 Å². The molecular formula is C10H11ClO3S. The number of aromatic carboxylic acids is 1. The van der Waals surface area contributed by atoms with Crippen LogP contribution < -0.4 is 0 Å². The van der Waals surface area contributed by atoms with Gasteiger partial charge in [0.1, 0.15) is 0 Å². The molecule has 0 heterocycles. The largest absolute Gasteiger partial charge is 0.478 e. The minimum Gasteiger partial charge on any atom is -0.478 e. The summed E-state index contributed by atoms with van der Waals surface area (Å²) in [6, 6.07) is 2.90. The summed E-state index contributed by atoms with van der Waals surface area (Å²) in [6.45, 7) is 3.39. The molecule has 0 fully saturated rings. The Bertz CT molecular complexity index is 429. The van der Waals surface area contributed by atoms with Crippen LogP contribution in [0, 0.1) is 6.92 Å². The highest BCUT2D eigenvalue weighted by atomic mass is 35.5. The molecule has 0 aliphatic carbocycles. The molecule has 15 heavy (non-hydrogen) atoms. The van der Waals surface area contributed by atoms with Crippen molar-refractivity contribution in [3.05, 3.63) is 28.3 Å². The number of halogens is 1. The number of hydrogen-bond acceptors (Lipinski definition) is 2. The van der Waals surface area contributed by atoms with Crippen LogP contribution in [-0.4, -0.2) is 21.0 Å². The van der Waals surface area contributed by atoms with Gasteiger partial charge in [-0.25, -0.2) is 4.79 Å². The lowest BCUT2D eigenvalue weighted by Crippen LogP contribution is -2.05. The smallest absolute Gasteiger partial charge is 0.335 e. The minimum atomic E-state index is -1.24. The predicted molar refractivity (Wildman–Crippen MR) is 60.1 cm³/mol. The van der Waals surface area contributed by atoms with Gasteiger partial charge in [-0.1, -0.05) is 18.5 Å². The molecule has 1 N–H and O–H groups in total. The molecule has 1 aromatic carbocycles. The van der Waals surface area contributed by atoms with Gasteiger partial charge in [0.15, 0.2) is 0 Å². The maximum atomic E-state index is 11.7. The Labute approximate surface area is 95.5 Å². The first-order chi connectivity index (χ1) is 6.99. The molecule has 1 aromatic rings. The molecule has 5 heteroatoms. The fourth-order valence-corrected chi connectivity index (χ4v) is 2.80. The fourth-order valence-electron chi connectivity index (χ4n) is 1.31. The zero-order valence-electron chi connectivity index (χ0n) is 8.41. The Kier molecular flexibility index (Phi) is 3.88. The number of rotatable bonds is 3. The molecule has 0 saturated heterocycles. The lowest BCUT2D eigenvalue weighted by Gasteiger charge is -2.09. The van der Waals surface area contributed by atoms with Crippen LogP contribution in [0.1, 0.15) is 22.8 Å². The molecule has 1 unspecified atom stereocenters. The molecule has 0 aliphatic rings. The van der Waals surface area contributed by atoms with Crippen molar-refractivity contribution in [2.24, 2.45) is 0 Å². The van der Waals surface area contributed by atoms with E-state index in [1.54, 1.807) is 13.8 Å². The molecule has 0 bridgehead atoms. The van der Waals surface area contributed by atoms with Crippen molar-refractivity contribution in [3.8, 4) is 0 Å². The molecule has 3 nitrogen and oxygen atoms in total. The zero-order chi connectivity index (χ0) is 11.6. The zero-order valence-corrected chi connectivity index (χ0v) is 9.98. The Morgan fingerprint density at radius 2 is 2.13 bits per heavy atom. The third-order valence-electron chi connectivity index (χ3n) is 2.08.